The number of unbranched alkanes of at least 4 members (excludes halogenated alkanes) is 1. The van der Waals surface area contributed by atoms with Crippen molar-refractivity contribution >= 4 is 39.1 Å². The van der Waals surface area contributed by atoms with E-state index in [-0.39, 0.29) is 17.3 Å². The van der Waals surface area contributed by atoms with E-state index < -0.39 is 28.5 Å². The molecule has 0 spiro atoms. The van der Waals surface area contributed by atoms with E-state index in [1.807, 2.05) is 33.8 Å². The molecule has 0 saturated carbocycles. The molecule has 0 radical (unpaired) electrons. The summed E-state index contributed by atoms with van der Waals surface area (Å²) in [5.74, 6) is -0.832. The van der Waals surface area contributed by atoms with Crippen molar-refractivity contribution < 1.29 is 18.0 Å². The lowest BCUT2D eigenvalue weighted by Gasteiger charge is -2.32. The smallest absolute Gasteiger partial charge is 0.264 e. The maximum atomic E-state index is 14.0. The minimum absolute atomic E-state index is 0.0478. The lowest BCUT2D eigenvalue weighted by molar-refractivity contribution is -0.139. The van der Waals surface area contributed by atoms with Crippen LogP contribution in [0.2, 0.25) is 5.02 Å². The molecule has 3 aromatic carbocycles. The third-order valence-electron chi connectivity index (χ3n) is 6.68. The number of anilines is 1. The molecule has 1 unspecified atom stereocenters. The average Bonchev–Trinajstić information content (AvgIpc) is 2.90. The van der Waals surface area contributed by atoms with Crippen LogP contribution in [-0.4, -0.2) is 44.3 Å². The summed E-state index contributed by atoms with van der Waals surface area (Å²) in [7, 11) is -4.12. The van der Waals surface area contributed by atoms with Gasteiger partial charge in [0.25, 0.3) is 10.0 Å². The highest BCUT2D eigenvalue weighted by atomic mass is 35.5. The van der Waals surface area contributed by atoms with Gasteiger partial charge in [0.1, 0.15) is 12.6 Å². The Bertz CT molecular complexity index is 1420. The van der Waals surface area contributed by atoms with E-state index in [9.17, 15) is 18.0 Å². The van der Waals surface area contributed by atoms with Gasteiger partial charge >= 0.3 is 0 Å². The van der Waals surface area contributed by atoms with Gasteiger partial charge in [-0.05, 0) is 81.1 Å². The van der Waals surface area contributed by atoms with Gasteiger partial charge in [0.15, 0.2) is 0 Å². The van der Waals surface area contributed by atoms with Gasteiger partial charge in [0.05, 0.1) is 10.6 Å². The summed E-state index contributed by atoms with van der Waals surface area (Å²) < 4.78 is 29.1. The lowest BCUT2D eigenvalue weighted by atomic mass is 10.1. The molecule has 3 rings (SSSR count). The Balaban J connectivity index is 2.04. The third kappa shape index (κ3) is 7.86. The highest BCUT2D eigenvalue weighted by molar-refractivity contribution is 7.92. The molecule has 0 fully saturated rings. The molecule has 9 heteroatoms. The van der Waals surface area contributed by atoms with Gasteiger partial charge < -0.3 is 10.2 Å². The number of benzene rings is 3. The van der Waals surface area contributed by atoms with E-state index in [0.717, 1.165) is 33.8 Å². The molecule has 1 N–H and O–H groups in total. The number of sulfonamides is 1. The Kier molecular flexibility index (Phi) is 10.8. The molecule has 40 heavy (non-hydrogen) atoms. The number of hydrogen-bond acceptors (Lipinski definition) is 4. The quantitative estimate of drug-likeness (QED) is 0.273. The predicted molar refractivity (Wildman–Crippen MR) is 161 cm³/mol. The number of carbonyl (C=O) groups is 2. The first-order chi connectivity index (χ1) is 18.9. The maximum Gasteiger partial charge on any atom is 0.264 e. The van der Waals surface area contributed by atoms with Crippen molar-refractivity contribution in [2.24, 2.45) is 0 Å². The normalized spacial score (nSPS) is 12.1. The highest BCUT2D eigenvalue weighted by Gasteiger charge is 2.33. The molecule has 214 valence electrons. The summed E-state index contributed by atoms with van der Waals surface area (Å²) in [5.41, 5.74) is 3.68. The number of aryl methyl sites for hydroxylation is 3. The highest BCUT2D eigenvalue weighted by Crippen LogP contribution is 2.27. The molecule has 0 aliphatic carbocycles. The minimum Gasteiger partial charge on any atom is -0.354 e. The van der Waals surface area contributed by atoms with Crippen LogP contribution in [0.25, 0.3) is 0 Å². The zero-order chi connectivity index (χ0) is 29.4. The zero-order valence-corrected chi connectivity index (χ0v) is 25.3. The van der Waals surface area contributed by atoms with E-state index >= 15 is 0 Å². The van der Waals surface area contributed by atoms with Crippen molar-refractivity contribution in [1.29, 1.82) is 0 Å². The van der Waals surface area contributed by atoms with Crippen LogP contribution in [-0.2, 0) is 26.2 Å². The first-order valence-electron chi connectivity index (χ1n) is 13.4. The van der Waals surface area contributed by atoms with Crippen LogP contribution >= 0.6 is 11.6 Å². The van der Waals surface area contributed by atoms with Crippen molar-refractivity contribution in [3.8, 4) is 0 Å². The third-order valence-corrected chi connectivity index (χ3v) is 8.83. The fourth-order valence-corrected chi connectivity index (χ4v) is 5.98. The van der Waals surface area contributed by atoms with Gasteiger partial charge in [-0.2, -0.15) is 0 Å². The molecule has 2 amide bonds. The Morgan fingerprint density at radius 2 is 1.55 bits per heavy atom. The van der Waals surface area contributed by atoms with E-state index in [0.29, 0.717) is 22.8 Å². The number of nitrogens with one attached hydrogen (secondary N) is 1. The summed E-state index contributed by atoms with van der Waals surface area (Å²) in [5, 5.41) is 3.34. The number of amides is 2. The van der Waals surface area contributed by atoms with Gasteiger partial charge in [-0.3, -0.25) is 13.9 Å². The van der Waals surface area contributed by atoms with Crippen molar-refractivity contribution in [3.63, 3.8) is 0 Å². The number of hydrogen-bond donors (Lipinski definition) is 1. The van der Waals surface area contributed by atoms with Crippen LogP contribution in [0.1, 0.15) is 48.9 Å². The van der Waals surface area contributed by atoms with E-state index in [2.05, 4.69) is 5.32 Å². The van der Waals surface area contributed by atoms with Crippen LogP contribution in [0.3, 0.4) is 0 Å². The van der Waals surface area contributed by atoms with Gasteiger partial charge in [-0.15, -0.1) is 0 Å². The second kappa shape index (κ2) is 13.8. The van der Waals surface area contributed by atoms with Crippen molar-refractivity contribution in [2.75, 3.05) is 17.4 Å². The molecule has 3 aromatic rings. The second-order valence-electron chi connectivity index (χ2n) is 10.1. The summed E-state index contributed by atoms with van der Waals surface area (Å²) in [6.45, 7) is 9.35. The lowest BCUT2D eigenvalue weighted by Crippen LogP contribution is -2.51. The monoisotopic (exact) mass is 583 g/mol. The Morgan fingerprint density at radius 3 is 2.15 bits per heavy atom. The fourth-order valence-electron chi connectivity index (χ4n) is 4.39. The standard InChI is InChI=1S/C31H38ClN3O4S/c1-6-7-16-33-31(37)25(5)34(20-26-10-8-9-11-29(26)32)30(36)21-35(27-18-23(3)17-24(4)19-27)40(38,39)28-14-12-22(2)13-15-28/h8-15,17-19,25H,6-7,16,20-21H2,1-5H3,(H,33,37). The first-order valence-corrected chi connectivity index (χ1v) is 15.2. The zero-order valence-electron chi connectivity index (χ0n) is 23.8. The van der Waals surface area contributed by atoms with Crippen LogP contribution in [0.15, 0.2) is 71.6 Å². The molecule has 0 aliphatic rings. The van der Waals surface area contributed by atoms with Crippen molar-refractivity contribution in [3.05, 3.63) is 94.0 Å². The first kappa shape index (κ1) is 31.2. The average molecular weight is 584 g/mol. The molecular weight excluding hydrogens is 546 g/mol. The summed E-state index contributed by atoms with van der Waals surface area (Å²) in [4.78, 5) is 28.6. The van der Waals surface area contributed by atoms with Crippen LogP contribution in [0.5, 0.6) is 0 Å². The van der Waals surface area contributed by atoms with Crippen molar-refractivity contribution in [2.45, 2.75) is 64.9 Å². The molecule has 1 atom stereocenters. The molecule has 0 aromatic heterocycles. The molecule has 0 heterocycles. The minimum atomic E-state index is -4.12. The maximum absolute atomic E-state index is 14.0. The van der Waals surface area contributed by atoms with Crippen molar-refractivity contribution in [1.82, 2.24) is 10.2 Å². The second-order valence-corrected chi connectivity index (χ2v) is 12.4. The Hall–Kier alpha value is -3.36. The van der Waals surface area contributed by atoms with E-state index in [4.69, 9.17) is 11.6 Å². The molecule has 0 saturated heterocycles. The predicted octanol–water partition coefficient (Wildman–Crippen LogP) is 5.79. The number of carbonyl (C=O) groups excluding carboxylic acids is 2. The summed E-state index contributed by atoms with van der Waals surface area (Å²) >= 11 is 6.42. The number of rotatable bonds is 12. The molecule has 7 nitrogen and oxygen atoms in total. The molecule has 0 aliphatic heterocycles. The van der Waals surface area contributed by atoms with E-state index in [1.165, 1.54) is 17.0 Å². The summed E-state index contributed by atoms with van der Waals surface area (Å²) in [6.07, 6.45) is 1.73. The molecule has 0 bridgehead atoms. The van der Waals surface area contributed by atoms with Gasteiger partial charge in [-0.1, -0.05) is 66.9 Å². The topological polar surface area (TPSA) is 86.8 Å². The number of halogens is 1. The molecular formula is C31H38ClN3O4S. The SMILES string of the molecule is CCCCNC(=O)C(C)N(Cc1ccccc1Cl)C(=O)CN(c1cc(C)cc(C)c1)S(=O)(=O)c1ccc(C)cc1. The number of nitrogens with zero attached hydrogens (tertiary/aromatic N) is 2. The van der Waals surface area contributed by atoms with Crippen LogP contribution in [0, 0.1) is 20.8 Å². The largest absolute Gasteiger partial charge is 0.354 e. The Labute approximate surface area is 243 Å². The summed E-state index contributed by atoms with van der Waals surface area (Å²) in [6, 6.07) is 18.2. The van der Waals surface area contributed by atoms with E-state index in [1.54, 1.807) is 55.5 Å². The van der Waals surface area contributed by atoms with Crippen LogP contribution < -0.4 is 9.62 Å². The fraction of sp³-hybridized carbons (Fsp3) is 0.355. The Morgan fingerprint density at radius 1 is 0.925 bits per heavy atom. The van der Waals surface area contributed by atoms with Gasteiger partial charge in [0, 0.05) is 18.1 Å². The van der Waals surface area contributed by atoms with Gasteiger partial charge in [-0.25, -0.2) is 8.42 Å². The van der Waals surface area contributed by atoms with Gasteiger partial charge in [0.2, 0.25) is 11.8 Å². The van der Waals surface area contributed by atoms with Crippen LogP contribution in [0.4, 0.5) is 5.69 Å².